The normalized spacial score (nSPS) is 27.4. The lowest BCUT2D eigenvalue weighted by atomic mass is 10.0. The van der Waals surface area contributed by atoms with Gasteiger partial charge in [0.25, 0.3) is 0 Å². The first-order chi connectivity index (χ1) is 14.7. The second-order valence-corrected chi connectivity index (χ2v) is 9.16. The first-order valence-electron chi connectivity index (χ1n) is 9.35. The molecule has 0 amide bonds. The van der Waals surface area contributed by atoms with Gasteiger partial charge in [0.1, 0.15) is 34.9 Å². The maximum atomic E-state index is 10.9. The van der Waals surface area contributed by atoms with Crippen LogP contribution in [-0.2, 0) is 25.8 Å². The first-order valence-corrected chi connectivity index (χ1v) is 11.6. The van der Waals surface area contributed by atoms with E-state index in [9.17, 15) is 28.8 Å². The number of aliphatic hydroxyl groups is 4. The van der Waals surface area contributed by atoms with Crippen LogP contribution in [0.4, 0.5) is 0 Å². The van der Waals surface area contributed by atoms with Crippen LogP contribution >= 0.6 is 11.8 Å². The van der Waals surface area contributed by atoms with Gasteiger partial charge in [0.15, 0.2) is 0 Å². The largest absolute Gasteiger partial charge is 0.466 e. The molecule has 1 fully saturated rings. The molecule has 0 unspecified atom stereocenters. The third kappa shape index (κ3) is 6.37. The molecule has 1 saturated heterocycles. The summed E-state index contributed by atoms with van der Waals surface area (Å²) in [7, 11) is -4.85. The van der Waals surface area contributed by atoms with E-state index in [0.29, 0.717) is 6.42 Å². The minimum Gasteiger partial charge on any atom is -0.394 e. The maximum Gasteiger partial charge on any atom is 0.466 e. The van der Waals surface area contributed by atoms with Gasteiger partial charge >= 0.3 is 10.4 Å². The second-order valence-electron chi connectivity index (χ2n) is 6.98. The Morgan fingerprint density at radius 3 is 2.45 bits per heavy atom. The van der Waals surface area contributed by atoms with Crippen molar-refractivity contribution >= 4 is 38.0 Å². The Hall–Kier alpha value is -1.77. The smallest absolute Gasteiger partial charge is 0.394 e. The maximum absolute atomic E-state index is 10.9. The van der Waals surface area contributed by atoms with E-state index < -0.39 is 46.9 Å². The number of nitrogens with zero attached hydrogens (tertiary/aromatic N) is 1. The molecule has 10 nitrogen and oxygen atoms in total. The Balaban J connectivity index is 1.76. The zero-order valence-electron chi connectivity index (χ0n) is 16.2. The highest BCUT2D eigenvalue weighted by Crippen LogP contribution is 2.31. The Bertz CT molecular complexity index is 1030. The molecule has 1 heterocycles. The molecule has 2 aromatic rings. The zero-order chi connectivity index (χ0) is 22.6. The van der Waals surface area contributed by atoms with Crippen LogP contribution in [0.3, 0.4) is 0 Å². The number of aryl methyl sites for hydroxylation is 1. The van der Waals surface area contributed by atoms with Gasteiger partial charge in [0, 0.05) is 6.42 Å². The Labute approximate surface area is 183 Å². The van der Waals surface area contributed by atoms with Crippen LogP contribution in [-0.4, -0.2) is 74.9 Å². The summed E-state index contributed by atoms with van der Waals surface area (Å²) < 4.78 is 40.2. The molecule has 0 radical (unpaired) electrons. The molecule has 3 rings (SSSR count). The third-order valence-corrected chi connectivity index (χ3v) is 6.21. The predicted molar refractivity (Wildman–Crippen MR) is 114 cm³/mol. The van der Waals surface area contributed by atoms with Gasteiger partial charge in [-0.2, -0.15) is 8.42 Å². The van der Waals surface area contributed by atoms with E-state index in [1.165, 1.54) is 0 Å². The fourth-order valence-corrected chi connectivity index (χ4v) is 4.46. The van der Waals surface area contributed by atoms with Crippen molar-refractivity contribution in [1.29, 1.82) is 0 Å². The summed E-state index contributed by atoms with van der Waals surface area (Å²) in [5.74, 6) is 0. The van der Waals surface area contributed by atoms with E-state index in [0.717, 1.165) is 28.1 Å². The van der Waals surface area contributed by atoms with E-state index in [-0.39, 0.29) is 11.5 Å². The number of aliphatic hydroxyl groups excluding tert-OH is 4. The molecule has 0 aromatic heterocycles. The van der Waals surface area contributed by atoms with Crippen LogP contribution in [0.1, 0.15) is 12.0 Å². The summed E-state index contributed by atoms with van der Waals surface area (Å²) in [6, 6.07) is 13.6. The molecule has 31 heavy (non-hydrogen) atoms. The van der Waals surface area contributed by atoms with Gasteiger partial charge in [-0.15, -0.1) is 0 Å². The summed E-state index contributed by atoms with van der Waals surface area (Å²) in [4.78, 5) is 0. The van der Waals surface area contributed by atoms with E-state index in [4.69, 9.17) is 9.29 Å². The minimum absolute atomic E-state index is 0.0510. The van der Waals surface area contributed by atoms with Gasteiger partial charge < -0.3 is 25.2 Å². The lowest BCUT2D eigenvalue weighted by Crippen LogP contribution is -2.57. The number of ether oxygens (including phenoxy) is 1. The van der Waals surface area contributed by atoms with Crippen molar-refractivity contribution < 1.29 is 42.4 Å². The summed E-state index contributed by atoms with van der Waals surface area (Å²) in [6.45, 7) is -0.604. The topological polar surface area (TPSA) is 166 Å². The highest BCUT2D eigenvalue weighted by molar-refractivity contribution is 8.14. The summed E-state index contributed by atoms with van der Waals surface area (Å²) in [5, 5.41) is 44.9. The highest BCUT2D eigenvalue weighted by atomic mass is 32.3. The van der Waals surface area contributed by atoms with Crippen LogP contribution in [0, 0.1) is 0 Å². The molecular weight excluding hydrogens is 450 g/mol. The number of hydrogen-bond acceptors (Lipinski definition) is 10. The average Bonchev–Trinajstić information content (AvgIpc) is 2.75. The van der Waals surface area contributed by atoms with Gasteiger partial charge in [-0.05, 0) is 22.8 Å². The van der Waals surface area contributed by atoms with Gasteiger partial charge in [-0.3, -0.25) is 4.55 Å². The summed E-state index contributed by atoms with van der Waals surface area (Å²) >= 11 is 0.757. The van der Waals surface area contributed by atoms with Crippen molar-refractivity contribution in [3.63, 3.8) is 0 Å². The molecule has 0 bridgehead atoms. The van der Waals surface area contributed by atoms with Crippen LogP contribution in [0.5, 0.6) is 0 Å². The van der Waals surface area contributed by atoms with Gasteiger partial charge in [0.05, 0.1) is 6.61 Å². The van der Waals surface area contributed by atoms with E-state index in [2.05, 4.69) is 9.44 Å². The molecule has 170 valence electrons. The number of oxime groups is 1. The summed E-state index contributed by atoms with van der Waals surface area (Å²) in [5.41, 5.74) is -0.247. The van der Waals surface area contributed by atoms with Crippen molar-refractivity contribution in [2.75, 3.05) is 6.61 Å². The fourth-order valence-electron chi connectivity index (χ4n) is 3.16. The molecule has 1 aliphatic rings. The lowest BCUT2D eigenvalue weighted by molar-refractivity contribution is -0.205. The van der Waals surface area contributed by atoms with E-state index >= 15 is 0 Å². The lowest BCUT2D eigenvalue weighted by Gasteiger charge is -2.39. The Kier molecular flexibility index (Phi) is 7.88. The van der Waals surface area contributed by atoms with Crippen LogP contribution < -0.4 is 0 Å². The Morgan fingerprint density at radius 1 is 1.06 bits per heavy atom. The molecule has 0 spiro atoms. The van der Waals surface area contributed by atoms with Crippen LogP contribution in [0.15, 0.2) is 47.6 Å². The number of thioether (sulfide) groups is 1. The quantitative estimate of drug-likeness (QED) is 0.165. The molecular formula is C19H23NO9S2. The minimum atomic E-state index is -4.85. The molecule has 5 atom stereocenters. The second kappa shape index (κ2) is 10.2. The van der Waals surface area contributed by atoms with E-state index in [1.54, 1.807) is 0 Å². The van der Waals surface area contributed by atoms with Crippen molar-refractivity contribution in [3.8, 4) is 0 Å². The first kappa shape index (κ1) is 23.9. The van der Waals surface area contributed by atoms with Crippen molar-refractivity contribution in [2.24, 2.45) is 5.16 Å². The summed E-state index contributed by atoms with van der Waals surface area (Å²) in [6.07, 6.45) is -5.20. The standard InChI is InChI=1S/C19H23NO9S2/c21-10-14-16(22)17(23)18(24)19(28-14)30-15(20-29-31(25,26)27)8-6-11-5-7-12-3-1-2-4-13(12)9-11/h1-5,7,9,14,16-19,21-24H,6,8,10H2,(H,25,26,27)/b20-15+/t14-,16-,17+,18-,19+/m1/s1. The molecule has 1 aliphatic heterocycles. The van der Waals surface area contributed by atoms with E-state index in [1.807, 2.05) is 42.5 Å². The SMILES string of the molecule is O=S(=O)(O)O/N=C(\CCc1ccc2ccccc2c1)S[C@@H]1O[C@H](CO)[C@@H](O)[C@H](O)[C@H]1O. The van der Waals surface area contributed by atoms with Crippen LogP contribution in [0.25, 0.3) is 10.8 Å². The molecule has 5 N–H and O–H groups in total. The van der Waals surface area contributed by atoms with Gasteiger partial charge in [-0.1, -0.05) is 59.4 Å². The molecule has 12 heteroatoms. The predicted octanol–water partition coefficient (Wildman–Crippen LogP) is 0.438. The van der Waals surface area contributed by atoms with Crippen molar-refractivity contribution in [2.45, 2.75) is 42.7 Å². The molecule has 2 aromatic carbocycles. The van der Waals surface area contributed by atoms with Gasteiger partial charge in [-0.25, -0.2) is 4.28 Å². The third-order valence-electron chi connectivity index (χ3n) is 4.78. The number of rotatable bonds is 7. The fraction of sp³-hybridized carbons (Fsp3) is 0.421. The highest BCUT2D eigenvalue weighted by Gasteiger charge is 2.44. The molecule has 0 aliphatic carbocycles. The molecule has 0 saturated carbocycles. The van der Waals surface area contributed by atoms with Crippen molar-refractivity contribution in [1.82, 2.24) is 0 Å². The van der Waals surface area contributed by atoms with Gasteiger partial charge in [0.2, 0.25) is 0 Å². The average molecular weight is 474 g/mol. The monoisotopic (exact) mass is 473 g/mol. The number of fused-ring (bicyclic) bond motifs is 1. The van der Waals surface area contributed by atoms with Crippen LogP contribution in [0.2, 0.25) is 0 Å². The Morgan fingerprint density at radius 2 is 1.77 bits per heavy atom. The number of benzene rings is 2. The zero-order valence-corrected chi connectivity index (χ0v) is 17.8. The van der Waals surface area contributed by atoms with Crippen molar-refractivity contribution in [3.05, 3.63) is 48.0 Å². The number of hydrogen-bond donors (Lipinski definition) is 5.